The Kier molecular flexibility index (Phi) is 6.29. The number of aliphatic hydroxyl groups is 1. The maximum Gasteiger partial charge on any atom is 0.260 e. The molecule has 0 fully saturated rings. The Hall–Kier alpha value is -1.62. The Bertz CT molecular complexity index is 392. The fourth-order valence-electron chi connectivity index (χ4n) is 1.52. The van der Waals surface area contributed by atoms with E-state index in [9.17, 15) is 9.18 Å². The van der Waals surface area contributed by atoms with Crippen molar-refractivity contribution in [3.63, 3.8) is 0 Å². The quantitative estimate of drug-likeness (QED) is 0.743. The lowest BCUT2D eigenvalue weighted by atomic mass is 10.2. The molecule has 1 aromatic rings. The smallest absolute Gasteiger partial charge is 0.260 e. The van der Waals surface area contributed by atoms with Gasteiger partial charge in [-0.3, -0.25) is 4.79 Å². The van der Waals surface area contributed by atoms with E-state index in [4.69, 9.17) is 9.84 Å². The second-order valence-corrected chi connectivity index (χ2v) is 4.50. The summed E-state index contributed by atoms with van der Waals surface area (Å²) in [5, 5.41) is 11.8. The molecule has 0 saturated heterocycles. The van der Waals surface area contributed by atoms with Gasteiger partial charge in [0.2, 0.25) is 0 Å². The first-order valence-electron chi connectivity index (χ1n) is 6.37. The van der Waals surface area contributed by atoms with E-state index >= 15 is 0 Å². The Balaban J connectivity index is 2.30. The molecule has 0 aromatic heterocycles. The fourth-order valence-corrected chi connectivity index (χ4v) is 1.52. The molecule has 0 saturated carbocycles. The lowest BCUT2D eigenvalue weighted by Gasteiger charge is -2.14. The zero-order valence-corrected chi connectivity index (χ0v) is 11.2. The molecule has 19 heavy (non-hydrogen) atoms. The SMILES string of the molecule is CC(O)CCCNC(=O)C(C)Oc1ccc(F)cc1. The molecule has 1 amide bonds. The summed E-state index contributed by atoms with van der Waals surface area (Å²) in [6, 6.07) is 5.52. The van der Waals surface area contributed by atoms with Gasteiger partial charge in [-0.15, -0.1) is 0 Å². The van der Waals surface area contributed by atoms with Gasteiger partial charge in [0.15, 0.2) is 6.10 Å². The molecular weight excluding hydrogens is 249 g/mol. The molecule has 4 nitrogen and oxygen atoms in total. The first kappa shape index (κ1) is 15.4. The van der Waals surface area contributed by atoms with Crippen LogP contribution in [-0.2, 0) is 4.79 Å². The van der Waals surface area contributed by atoms with Gasteiger partial charge in [0.1, 0.15) is 11.6 Å². The van der Waals surface area contributed by atoms with Crippen molar-refractivity contribution in [3.05, 3.63) is 30.1 Å². The van der Waals surface area contributed by atoms with E-state index in [0.717, 1.165) is 0 Å². The summed E-state index contributed by atoms with van der Waals surface area (Å²) in [6.45, 7) is 3.84. The monoisotopic (exact) mass is 269 g/mol. The van der Waals surface area contributed by atoms with Gasteiger partial charge in [0.25, 0.3) is 5.91 Å². The maximum absolute atomic E-state index is 12.7. The van der Waals surface area contributed by atoms with E-state index in [0.29, 0.717) is 25.1 Å². The molecule has 2 N–H and O–H groups in total. The molecule has 2 atom stereocenters. The van der Waals surface area contributed by atoms with Crippen LogP contribution in [0.25, 0.3) is 0 Å². The number of amides is 1. The van der Waals surface area contributed by atoms with E-state index in [2.05, 4.69) is 5.32 Å². The summed E-state index contributed by atoms with van der Waals surface area (Å²) in [4.78, 5) is 11.7. The van der Waals surface area contributed by atoms with Gasteiger partial charge in [-0.1, -0.05) is 0 Å². The average Bonchev–Trinajstić information content (AvgIpc) is 2.36. The van der Waals surface area contributed by atoms with Crippen molar-refractivity contribution in [1.29, 1.82) is 0 Å². The first-order chi connectivity index (χ1) is 8.99. The van der Waals surface area contributed by atoms with Gasteiger partial charge in [0, 0.05) is 6.54 Å². The normalized spacial score (nSPS) is 13.7. The van der Waals surface area contributed by atoms with Crippen molar-refractivity contribution in [1.82, 2.24) is 5.32 Å². The lowest BCUT2D eigenvalue weighted by Crippen LogP contribution is -2.37. The molecular formula is C14H20FNO3. The van der Waals surface area contributed by atoms with Crippen LogP contribution in [0.15, 0.2) is 24.3 Å². The van der Waals surface area contributed by atoms with E-state index in [1.165, 1.54) is 24.3 Å². The predicted molar refractivity (Wildman–Crippen MR) is 70.4 cm³/mol. The van der Waals surface area contributed by atoms with Gasteiger partial charge in [0.05, 0.1) is 6.10 Å². The second kappa shape index (κ2) is 7.74. The van der Waals surface area contributed by atoms with Crippen molar-refractivity contribution in [2.75, 3.05) is 6.54 Å². The van der Waals surface area contributed by atoms with Gasteiger partial charge in [-0.2, -0.15) is 0 Å². The van der Waals surface area contributed by atoms with Gasteiger partial charge >= 0.3 is 0 Å². The van der Waals surface area contributed by atoms with Crippen molar-refractivity contribution < 1.29 is 19.0 Å². The molecule has 0 aliphatic rings. The minimum atomic E-state index is -0.642. The number of aliphatic hydroxyl groups excluding tert-OH is 1. The summed E-state index contributed by atoms with van der Waals surface area (Å²) in [7, 11) is 0. The Morgan fingerprint density at radius 2 is 2.00 bits per heavy atom. The molecule has 2 unspecified atom stereocenters. The van der Waals surface area contributed by atoms with Crippen LogP contribution in [0, 0.1) is 5.82 Å². The summed E-state index contributed by atoms with van der Waals surface area (Å²) >= 11 is 0. The molecule has 0 spiro atoms. The number of rotatable bonds is 7. The highest BCUT2D eigenvalue weighted by Crippen LogP contribution is 2.12. The van der Waals surface area contributed by atoms with Crippen molar-refractivity contribution in [3.8, 4) is 5.75 Å². The summed E-state index contributed by atoms with van der Waals surface area (Å²) in [5.74, 6) is -0.120. The largest absolute Gasteiger partial charge is 0.481 e. The fraction of sp³-hybridized carbons (Fsp3) is 0.500. The third-order valence-corrected chi connectivity index (χ3v) is 2.59. The van der Waals surface area contributed by atoms with Gasteiger partial charge in [-0.05, 0) is 51.0 Å². The average molecular weight is 269 g/mol. The topological polar surface area (TPSA) is 58.6 Å². The first-order valence-corrected chi connectivity index (χ1v) is 6.37. The van der Waals surface area contributed by atoms with Crippen LogP contribution in [0.5, 0.6) is 5.75 Å². The van der Waals surface area contributed by atoms with Crippen molar-refractivity contribution in [2.24, 2.45) is 0 Å². The van der Waals surface area contributed by atoms with E-state index in [1.807, 2.05) is 0 Å². The van der Waals surface area contributed by atoms with Crippen LogP contribution in [0.4, 0.5) is 4.39 Å². The summed E-state index contributed by atoms with van der Waals surface area (Å²) in [6.07, 6.45) is 0.363. The zero-order valence-electron chi connectivity index (χ0n) is 11.2. The Morgan fingerprint density at radius 1 is 1.37 bits per heavy atom. The van der Waals surface area contributed by atoms with E-state index < -0.39 is 6.10 Å². The number of hydrogen-bond donors (Lipinski definition) is 2. The third kappa shape index (κ3) is 6.20. The third-order valence-electron chi connectivity index (χ3n) is 2.59. The van der Waals surface area contributed by atoms with Crippen LogP contribution in [0.1, 0.15) is 26.7 Å². The number of halogens is 1. The number of nitrogens with one attached hydrogen (secondary N) is 1. The molecule has 0 heterocycles. The molecule has 0 bridgehead atoms. The molecule has 0 aliphatic carbocycles. The second-order valence-electron chi connectivity index (χ2n) is 4.50. The van der Waals surface area contributed by atoms with Crippen LogP contribution >= 0.6 is 0 Å². The molecule has 106 valence electrons. The summed E-state index contributed by atoms with van der Waals surface area (Å²) < 4.78 is 18.1. The summed E-state index contributed by atoms with van der Waals surface area (Å²) in [5.41, 5.74) is 0. The van der Waals surface area contributed by atoms with Gasteiger partial charge < -0.3 is 15.2 Å². The molecule has 0 radical (unpaired) electrons. The molecule has 0 aliphatic heterocycles. The minimum absolute atomic E-state index is 0.227. The molecule has 1 aromatic carbocycles. The van der Waals surface area contributed by atoms with E-state index in [-0.39, 0.29) is 17.8 Å². The number of benzene rings is 1. The van der Waals surface area contributed by atoms with Crippen LogP contribution in [-0.4, -0.2) is 29.8 Å². The van der Waals surface area contributed by atoms with Crippen LogP contribution in [0.3, 0.4) is 0 Å². The predicted octanol–water partition coefficient (Wildman–Crippen LogP) is 1.87. The lowest BCUT2D eigenvalue weighted by molar-refractivity contribution is -0.127. The van der Waals surface area contributed by atoms with Crippen LogP contribution in [0.2, 0.25) is 0 Å². The molecule has 1 rings (SSSR count). The highest BCUT2D eigenvalue weighted by Gasteiger charge is 2.13. The highest BCUT2D eigenvalue weighted by molar-refractivity contribution is 5.80. The van der Waals surface area contributed by atoms with E-state index in [1.54, 1.807) is 13.8 Å². The highest BCUT2D eigenvalue weighted by atomic mass is 19.1. The maximum atomic E-state index is 12.7. The number of carbonyl (C=O) groups is 1. The standard InChI is InChI=1S/C14H20FNO3/c1-10(17)4-3-9-16-14(18)11(2)19-13-7-5-12(15)6-8-13/h5-8,10-11,17H,3-4,9H2,1-2H3,(H,16,18). The Morgan fingerprint density at radius 3 is 2.58 bits per heavy atom. The number of ether oxygens (including phenoxy) is 1. The molecule has 5 heteroatoms. The Labute approximate surface area is 112 Å². The van der Waals surface area contributed by atoms with Gasteiger partial charge in [-0.25, -0.2) is 4.39 Å². The number of carbonyl (C=O) groups excluding carboxylic acids is 1. The van der Waals surface area contributed by atoms with Crippen molar-refractivity contribution in [2.45, 2.75) is 38.9 Å². The zero-order chi connectivity index (χ0) is 14.3. The van der Waals surface area contributed by atoms with Crippen LogP contribution < -0.4 is 10.1 Å². The number of hydrogen-bond acceptors (Lipinski definition) is 3. The van der Waals surface area contributed by atoms with Crippen molar-refractivity contribution >= 4 is 5.91 Å². The minimum Gasteiger partial charge on any atom is -0.481 e.